The van der Waals surface area contributed by atoms with Gasteiger partial charge in [0, 0.05) is 44.7 Å². The molecule has 2 amide bonds. The molecule has 2 aliphatic rings. The smallest absolute Gasteiger partial charge is 0.251 e. The van der Waals surface area contributed by atoms with Crippen molar-refractivity contribution in [3.63, 3.8) is 0 Å². The van der Waals surface area contributed by atoms with Gasteiger partial charge < -0.3 is 20.6 Å². The van der Waals surface area contributed by atoms with Crippen LogP contribution >= 0.6 is 0 Å². The number of benzene rings is 1. The third-order valence-electron chi connectivity index (χ3n) is 6.00. The van der Waals surface area contributed by atoms with Crippen molar-refractivity contribution in [3.8, 4) is 0 Å². The minimum atomic E-state index is -0.644. The van der Waals surface area contributed by atoms with E-state index in [1.807, 2.05) is 32.0 Å². The first-order valence-electron chi connectivity index (χ1n) is 12.4. The largest absolute Gasteiger partial charge is 0.390 e. The average molecular weight is 456 g/mol. The lowest BCUT2D eigenvalue weighted by Gasteiger charge is -2.28. The number of aliphatic hydroxyl groups is 1. The standard InChI is InChI=1S/C25H35N3O3.C2H6/c1-3-4-5-6-19-7-10-23(13-19)26-15-24(30)16-27-25(31)21-9-8-20-11-12-28(18(2)29)17-22(20)14-21;1-2/h5-9,14,23-24,26,30H,3-4,10-13,15-17H2,1-2H3,(H,27,31);1-2H3/b6-5-;. The molecule has 2 atom stereocenters. The second-order valence-corrected chi connectivity index (χ2v) is 8.55. The molecule has 1 aliphatic carbocycles. The van der Waals surface area contributed by atoms with E-state index in [0.29, 0.717) is 24.7 Å². The Balaban J connectivity index is 0.00000187. The maximum absolute atomic E-state index is 12.5. The van der Waals surface area contributed by atoms with Gasteiger partial charge in [0.2, 0.25) is 5.91 Å². The van der Waals surface area contributed by atoms with Gasteiger partial charge in [-0.1, -0.05) is 57.1 Å². The summed E-state index contributed by atoms with van der Waals surface area (Å²) in [5.41, 5.74) is 4.12. The number of allylic oxidation sites excluding steroid dienone is 2. The highest BCUT2D eigenvalue weighted by Gasteiger charge is 2.20. The molecule has 1 aliphatic heterocycles. The van der Waals surface area contributed by atoms with E-state index >= 15 is 0 Å². The minimum Gasteiger partial charge on any atom is -0.390 e. The van der Waals surface area contributed by atoms with E-state index in [9.17, 15) is 14.7 Å². The second-order valence-electron chi connectivity index (χ2n) is 8.55. The van der Waals surface area contributed by atoms with Crippen LogP contribution in [0.4, 0.5) is 0 Å². The van der Waals surface area contributed by atoms with Gasteiger partial charge in [0.25, 0.3) is 5.91 Å². The van der Waals surface area contributed by atoms with Gasteiger partial charge in [-0.15, -0.1) is 0 Å². The van der Waals surface area contributed by atoms with Crippen LogP contribution < -0.4 is 10.6 Å². The Labute approximate surface area is 199 Å². The summed E-state index contributed by atoms with van der Waals surface area (Å²) in [4.78, 5) is 26.0. The van der Waals surface area contributed by atoms with Gasteiger partial charge in [0.15, 0.2) is 0 Å². The average Bonchev–Trinajstić information content (AvgIpc) is 3.29. The number of unbranched alkanes of at least 4 members (excludes halogenated alkanes) is 1. The molecule has 0 bridgehead atoms. The van der Waals surface area contributed by atoms with Gasteiger partial charge in [0.05, 0.1) is 6.10 Å². The van der Waals surface area contributed by atoms with Gasteiger partial charge in [-0.2, -0.15) is 0 Å². The summed E-state index contributed by atoms with van der Waals surface area (Å²) in [6.07, 6.45) is 11.1. The second kappa shape index (κ2) is 14.0. The summed E-state index contributed by atoms with van der Waals surface area (Å²) in [5, 5.41) is 16.5. The Hall–Kier alpha value is -2.44. The fraction of sp³-hybridized carbons (Fsp3) is 0.556. The lowest BCUT2D eigenvalue weighted by Crippen LogP contribution is -2.41. The maximum Gasteiger partial charge on any atom is 0.251 e. The molecular weight excluding hydrogens is 414 g/mol. The van der Waals surface area contributed by atoms with Crippen LogP contribution in [0.15, 0.2) is 42.0 Å². The van der Waals surface area contributed by atoms with Crippen molar-refractivity contribution in [1.29, 1.82) is 0 Å². The van der Waals surface area contributed by atoms with Crippen molar-refractivity contribution in [1.82, 2.24) is 15.5 Å². The first kappa shape index (κ1) is 26.8. The first-order valence-corrected chi connectivity index (χ1v) is 12.4. The number of amides is 2. The number of fused-ring (bicyclic) bond motifs is 1. The topological polar surface area (TPSA) is 81.7 Å². The molecule has 182 valence electrons. The van der Waals surface area contributed by atoms with Crippen molar-refractivity contribution in [2.24, 2.45) is 0 Å². The van der Waals surface area contributed by atoms with E-state index in [1.165, 1.54) is 11.1 Å². The van der Waals surface area contributed by atoms with Crippen molar-refractivity contribution in [2.45, 2.75) is 78.5 Å². The number of nitrogens with one attached hydrogen (secondary N) is 2. The number of carbonyl (C=O) groups excluding carboxylic acids is 2. The molecule has 0 aromatic heterocycles. The van der Waals surface area contributed by atoms with Crippen LogP contribution in [-0.4, -0.2) is 53.6 Å². The summed E-state index contributed by atoms with van der Waals surface area (Å²) >= 11 is 0. The molecule has 2 unspecified atom stereocenters. The summed E-state index contributed by atoms with van der Waals surface area (Å²) in [6, 6.07) is 6.00. The molecule has 6 nitrogen and oxygen atoms in total. The Morgan fingerprint density at radius 1 is 1.24 bits per heavy atom. The summed E-state index contributed by atoms with van der Waals surface area (Å²) in [6.45, 7) is 9.66. The third-order valence-corrected chi connectivity index (χ3v) is 6.00. The molecule has 0 radical (unpaired) electrons. The Kier molecular flexibility index (Phi) is 11.3. The molecule has 6 heteroatoms. The SMILES string of the molecule is CC.CCC/C=C\C1=CCC(NCC(O)CNC(=O)c2ccc3c(c2)CN(C(C)=O)CC3)C1. The Morgan fingerprint density at radius 2 is 2.03 bits per heavy atom. The fourth-order valence-electron chi connectivity index (χ4n) is 4.09. The summed E-state index contributed by atoms with van der Waals surface area (Å²) < 4.78 is 0. The molecule has 0 spiro atoms. The maximum atomic E-state index is 12.5. The zero-order chi connectivity index (χ0) is 24.2. The molecule has 0 fully saturated rings. The van der Waals surface area contributed by atoms with E-state index in [0.717, 1.165) is 44.2 Å². The van der Waals surface area contributed by atoms with E-state index in [-0.39, 0.29) is 18.4 Å². The van der Waals surface area contributed by atoms with Crippen LogP contribution in [0.1, 0.15) is 74.9 Å². The predicted molar refractivity (Wildman–Crippen MR) is 134 cm³/mol. The molecule has 1 aromatic rings. The third kappa shape index (κ3) is 8.45. The Morgan fingerprint density at radius 3 is 2.76 bits per heavy atom. The summed E-state index contributed by atoms with van der Waals surface area (Å²) in [5.74, 6) is -0.148. The molecule has 3 rings (SSSR count). The quantitative estimate of drug-likeness (QED) is 0.530. The highest BCUT2D eigenvalue weighted by molar-refractivity contribution is 5.94. The normalized spacial score (nSPS) is 18.3. The lowest BCUT2D eigenvalue weighted by molar-refractivity contribution is -0.129. The molecule has 0 saturated heterocycles. The van der Waals surface area contributed by atoms with Gasteiger partial charge in [-0.25, -0.2) is 0 Å². The van der Waals surface area contributed by atoms with Crippen molar-refractivity contribution >= 4 is 11.8 Å². The van der Waals surface area contributed by atoms with Crippen molar-refractivity contribution < 1.29 is 14.7 Å². The van der Waals surface area contributed by atoms with Crippen molar-refractivity contribution in [3.05, 3.63) is 58.7 Å². The highest BCUT2D eigenvalue weighted by atomic mass is 16.3. The van der Waals surface area contributed by atoms with E-state index in [2.05, 4.69) is 35.8 Å². The van der Waals surface area contributed by atoms with E-state index < -0.39 is 6.10 Å². The lowest BCUT2D eigenvalue weighted by atomic mass is 9.97. The predicted octanol–water partition coefficient (Wildman–Crippen LogP) is 3.74. The Bertz CT molecular complexity index is 847. The van der Waals surface area contributed by atoms with Crippen molar-refractivity contribution in [2.75, 3.05) is 19.6 Å². The molecule has 3 N–H and O–H groups in total. The fourth-order valence-corrected chi connectivity index (χ4v) is 4.09. The number of aliphatic hydroxyl groups excluding tert-OH is 1. The molecular formula is C27H41N3O3. The number of nitrogens with zero attached hydrogens (tertiary/aromatic N) is 1. The molecule has 1 aromatic carbocycles. The number of hydrogen-bond donors (Lipinski definition) is 3. The van der Waals surface area contributed by atoms with Crippen LogP contribution in [0.5, 0.6) is 0 Å². The van der Waals surface area contributed by atoms with E-state index in [1.54, 1.807) is 11.8 Å². The van der Waals surface area contributed by atoms with Crippen LogP contribution in [0, 0.1) is 0 Å². The van der Waals surface area contributed by atoms with Gasteiger partial charge in [-0.05, 0) is 48.9 Å². The van der Waals surface area contributed by atoms with Gasteiger partial charge in [0.1, 0.15) is 0 Å². The minimum absolute atomic E-state index is 0.0534. The summed E-state index contributed by atoms with van der Waals surface area (Å²) in [7, 11) is 0. The molecule has 0 saturated carbocycles. The molecule has 1 heterocycles. The number of carbonyl (C=O) groups is 2. The highest BCUT2D eigenvalue weighted by Crippen LogP contribution is 2.21. The van der Waals surface area contributed by atoms with E-state index in [4.69, 9.17) is 0 Å². The van der Waals surface area contributed by atoms with Crippen LogP contribution in [0.25, 0.3) is 0 Å². The molecule has 33 heavy (non-hydrogen) atoms. The number of hydrogen-bond acceptors (Lipinski definition) is 4. The zero-order valence-electron chi connectivity index (χ0n) is 20.7. The zero-order valence-corrected chi connectivity index (χ0v) is 20.7. The number of rotatable bonds is 9. The monoisotopic (exact) mass is 455 g/mol. The van der Waals surface area contributed by atoms with Crippen LogP contribution in [-0.2, 0) is 17.8 Å². The van der Waals surface area contributed by atoms with Gasteiger partial charge >= 0.3 is 0 Å². The van der Waals surface area contributed by atoms with Crippen LogP contribution in [0.2, 0.25) is 0 Å². The van der Waals surface area contributed by atoms with Gasteiger partial charge in [-0.3, -0.25) is 9.59 Å². The first-order chi connectivity index (χ1) is 16.0. The van der Waals surface area contributed by atoms with Crippen LogP contribution in [0.3, 0.4) is 0 Å².